The van der Waals surface area contributed by atoms with Gasteiger partial charge in [-0.15, -0.1) is 0 Å². The first-order chi connectivity index (χ1) is 10.1. The number of hydrogen-bond acceptors (Lipinski definition) is 5. The van der Waals surface area contributed by atoms with Crippen LogP contribution < -0.4 is 19.9 Å². The lowest BCUT2D eigenvalue weighted by atomic mass is 10.0. The maximum Gasteiger partial charge on any atom is 0.217 e. The fourth-order valence-corrected chi connectivity index (χ4v) is 2.29. The molecule has 0 spiro atoms. The quantitative estimate of drug-likeness (QED) is 0.875. The van der Waals surface area contributed by atoms with E-state index in [1.165, 1.54) is 0 Å². The van der Waals surface area contributed by atoms with Crippen LogP contribution in [0.15, 0.2) is 18.3 Å². The summed E-state index contributed by atoms with van der Waals surface area (Å²) in [4.78, 5) is 15.3. The van der Waals surface area contributed by atoms with Crippen molar-refractivity contribution in [1.29, 1.82) is 0 Å². The lowest BCUT2D eigenvalue weighted by molar-refractivity contribution is -0.118. The van der Waals surface area contributed by atoms with Crippen LogP contribution in [-0.2, 0) is 11.2 Å². The normalized spacial score (nSPS) is 10.4. The number of hydrogen-bond donors (Lipinski definition) is 1. The first kappa shape index (κ1) is 14.9. The third-order valence-electron chi connectivity index (χ3n) is 3.26. The molecule has 1 amide bonds. The molecule has 6 nitrogen and oxygen atoms in total. The van der Waals surface area contributed by atoms with Gasteiger partial charge in [0.15, 0.2) is 11.5 Å². The molecular formula is C15H18N2O4. The Morgan fingerprint density at radius 3 is 2.43 bits per heavy atom. The second-order valence-corrected chi connectivity index (χ2v) is 4.46. The van der Waals surface area contributed by atoms with Crippen molar-refractivity contribution in [3.8, 4) is 17.2 Å². The highest BCUT2D eigenvalue weighted by Crippen LogP contribution is 2.43. The number of carbonyl (C=O) groups is 1. The van der Waals surface area contributed by atoms with Crippen LogP contribution in [0.3, 0.4) is 0 Å². The van der Waals surface area contributed by atoms with E-state index < -0.39 is 0 Å². The number of benzene rings is 1. The van der Waals surface area contributed by atoms with E-state index in [2.05, 4.69) is 4.98 Å². The molecule has 0 unspecified atom stereocenters. The van der Waals surface area contributed by atoms with Crippen LogP contribution in [-0.4, -0.2) is 32.2 Å². The van der Waals surface area contributed by atoms with Gasteiger partial charge in [0.1, 0.15) is 0 Å². The zero-order chi connectivity index (χ0) is 15.4. The van der Waals surface area contributed by atoms with Gasteiger partial charge in [0, 0.05) is 29.1 Å². The minimum atomic E-state index is -0.360. The Balaban J connectivity index is 2.66. The number of nitrogens with two attached hydrogens (primary N) is 1. The molecule has 0 radical (unpaired) electrons. The molecule has 112 valence electrons. The number of rotatable bonds is 6. The van der Waals surface area contributed by atoms with E-state index in [0.29, 0.717) is 23.7 Å². The number of ether oxygens (including phenoxy) is 3. The van der Waals surface area contributed by atoms with Crippen LogP contribution >= 0.6 is 0 Å². The molecule has 1 heterocycles. The highest BCUT2D eigenvalue weighted by Gasteiger charge is 2.18. The summed E-state index contributed by atoms with van der Waals surface area (Å²) in [7, 11) is 4.68. The van der Waals surface area contributed by atoms with Gasteiger partial charge in [0.05, 0.1) is 21.3 Å². The van der Waals surface area contributed by atoms with Gasteiger partial charge in [-0.2, -0.15) is 0 Å². The van der Waals surface area contributed by atoms with Crippen molar-refractivity contribution in [2.24, 2.45) is 5.73 Å². The van der Waals surface area contributed by atoms with Crippen LogP contribution in [0.4, 0.5) is 0 Å². The van der Waals surface area contributed by atoms with Gasteiger partial charge >= 0.3 is 0 Å². The maximum absolute atomic E-state index is 11.0. The van der Waals surface area contributed by atoms with E-state index in [9.17, 15) is 4.79 Å². The molecule has 1 aromatic heterocycles. The molecule has 0 saturated heterocycles. The predicted octanol–water partition coefficient (Wildman–Crippen LogP) is 1.68. The molecule has 0 aliphatic heterocycles. The molecule has 0 fully saturated rings. The van der Waals surface area contributed by atoms with Gasteiger partial charge in [0.2, 0.25) is 11.7 Å². The van der Waals surface area contributed by atoms with Crippen molar-refractivity contribution in [3.05, 3.63) is 24.0 Å². The van der Waals surface area contributed by atoms with Gasteiger partial charge in [-0.3, -0.25) is 9.78 Å². The summed E-state index contributed by atoms with van der Waals surface area (Å²) in [6.07, 6.45) is 2.38. The van der Waals surface area contributed by atoms with Crippen molar-refractivity contribution in [3.63, 3.8) is 0 Å². The van der Waals surface area contributed by atoms with Crippen molar-refractivity contribution in [2.75, 3.05) is 21.3 Å². The van der Waals surface area contributed by atoms with E-state index in [-0.39, 0.29) is 12.3 Å². The molecule has 2 N–H and O–H groups in total. The second-order valence-electron chi connectivity index (χ2n) is 4.46. The van der Waals surface area contributed by atoms with Crippen LogP contribution in [0.1, 0.15) is 12.1 Å². The van der Waals surface area contributed by atoms with Crippen molar-refractivity contribution >= 4 is 16.7 Å². The number of aromatic nitrogens is 1. The van der Waals surface area contributed by atoms with Gasteiger partial charge in [-0.1, -0.05) is 0 Å². The van der Waals surface area contributed by atoms with E-state index >= 15 is 0 Å². The van der Waals surface area contributed by atoms with E-state index in [1.807, 2.05) is 12.1 Å². The summed E-state index contributed by atoms with van der Waals surface area (Å²) in [6.45, 7) is 0. The number of carbonyl (C=O) groups excluding carboxylic acids is 1. The Morgan fingerprint density at radius 1 is 1.14 bits per heavy atom. The Labute approximate surface area is 122 Å². The highest BCUT2D eigenvalue weighted by molar-refractivity contribution is 5.94. The molecule has 0 aliphatic rings. The number of amides is 1. The van der Waals surface area contributed by atoms with Crippen molar-refractivity contribution in [1.82, 2.24) is 4.98 Å². The minimum absolute atomic E-state index is 0.239. The molecule has 0 aliphatic carbocycles. The molecular weight excluding hydrogens is 272 g/mol. The summed E-state index contributed by atoms with van der Waals surface area (Å²) < 4.78 is 16.2. The molecule has 0 saturated carbocycles. The Hall–Kier alpha value is -2.50. The molecule has 21 heavy (non-hydrogen) atoms. The van der Waals surface area contributed by atoms with Gasteiger partial charge < -0.3 is 19.9 Å². The van der Waals surface area contributed by atoms with E-state index in [1.54, 1.807) is 27.5 Å². The molecule has 0 bridgehead atoms. The number of methoxy groups -OCH3 is 3. The first-order valence-corrected chi connectivity index (χ1v) is 6.47. The van der Waals surface area contributed by atoms with E-state index in [4.69, 9.17) is 19.9 Å². The fraction of sp³-hybridized carbons (Fsp3) is 0.333. The van der Waals surface area contributed by atoms with Gasteiger partial charge in [-0.05, 0) is 18.6 Å². The largest absolute Gasteiger partial charge is 0.493 e. The lowest BCUT2D eigenvalue weighted by Crippen LogP contribution is -2.11. The second kappa shape index (κ2) is 6.30. The zero-order valence-corrected chi connectivity index (χ0v) is 12.3. The SMILES string of the molecule is COc1cc2c(CCC(N)=O)nccc2c(OC)c1OC. The summed E-state index contributed by atoms with van der Waals surface area (Å²) in [5, 5.41) is 1.71. The maximum atomic E-state index is 11.0. The number of aryl methyl sites for hydroxylation is 1. The topological polar surface area (TPSA) is 83.7 Å². The standard InChI is InChI=1S/C15H18N2O4/c1-19-12-8-10-9(14(20-2)15(12)21-3)6-7-17-11(10)4-5-13(16)18/h6-8H,4-5H2,1-3H3,(H2,16,18). The Morgan fingerprint density at radius 2 is 1.86 bits per heavy atom. The summed E-state index contributed by atoms with van der Waals surface area (Å²) in [6, 6.07) is 3.67. The third kappa shape index (κ3) is 2.84. The fourth-order valence-electron chi connectivity index (χ4n) is 2.29. The molecule has 2 aromatic rings. The Bertz CT molecular complexity index is 670. The van der Waals surface area contributed by atoms with Crippen LogP contribution in [0.5, 0.6) is 17.2 Å². The summed E-state index contributed by atoms with van der Waals surface area (Å²) >= 11 is 0. The summed E-state index contributed by atoms with van der Waals surface area (Å²) in [5.74, 6) is 1.30. The summed E-state index contributed by atoms with van der Waals surface area (Å²) in [5.41, 5.74) is 5.98. The monoisotopic (exact) mass is 290 g/mol. The highest BCUT2D eigenvalue weighted by atomic mass is 16.5. The predicted molar refractivity (Wildman–Crippen MR) is 78.9 cm³/mol. The smallest absolute Gasteiger partial charge is 0.217 e. The van der Waals surface area contributed by atoms with Gasteiger partial charge in [-0.25, -0.2) is 0 Å². The molecule has 1 aromatic carbocycles. The number of fused-ring (bicyclic) bond motifs is 1. The van der Waals surface area contributed by atoms with Crippen LogP contribution in [0, 0.1) is 0 Å². The third-order valence-corrected chi connectivity index (χ3v) is 3.26. The van der Waals surface area contributed by atoms with E-state index in [0.717, 1.165) is 16.5 Å². The molecule has 0 atom stereocenters. The zero-order valence-electron chi connectivity index (χ0n) is 12.3. The van der Waals surface area contributed by atoms with Crippen LogP contribution in [0.2, 0.25) is 0 Å². The average molecular weight is 290 g/mol. The van der Waals surface area contributed by atoms with Crippen LogP contribution in [0.25, 0.3) is 10.8 Å². The average Bonchev–Trinajstić information content (AvgIpc) is 2.50. The first-order valence-electron chi connectivity index (χ1n) is 6.47. The Kier molecular flexibility index (Phi) is 4.47. The number of primary amides is 1. The minimum Gasteiger partial charge on any atom is -0.493 e. The number of nitrogens with zero attached hydrogens (tertiary/aromatic N) is 1. The van der Waals surface area contributed by atoms with Gasteiger partial charge in [0.25, 0.3) is 0 Å². The lowest BCUT2D eigenvalue weighted by Gasteiger charge is -2.16. The molecule has 2 rings (SSSR count). The van der Waals surface area contributed by atoms with Crippen molar-refractivity contribution in [2.45, 2.75) is 12.8 Å². The molecule has 6 heteroatoms. The number of pyridine rings is 1. The van der Waals surface area contributed by atoms with Crippen molar-refractivity contribution < 1.29 is 19.0 Å².